The van der Waals surface area contributed by atoms with E-state index in [0.717, 1.165) is 0 Å². The van der Waals surface area contributed by atoms with Crippen LogP contribution in [0, 0.1) is 5.92 Å². The zero-order valence-corrected chi connectivity index (χ0v) is 9.69. The summed E-state index contributed by atoms with van der Waals surface area (Å²) in [6.07, 6.45) is 7.30. The molecule has 0 aromatic heterocycles. The molecule has 0 nitrogen and oxygen atoms in total. The third-order valence-corrected chi connectivity index (χ3v) is 2.63. The van der Waals surface area contributed by atoms with Crippen LogP contribution < -0.4 is 0 Å². The molecular weight excluding hydrogens is 156 g/mol. The third-order valence-electron chi connectivity index (χ3n) is 2.63. The summed E-state index contributed by atoms with van der Waals surface area (Å²) in [6.45, 7) is 12.8. The Labute approximate surface area is 83.7 Å². The normalized spacial score (nSPS) is 14.3. The highest BCUT2D eigenvalue weighted by Gasteiger charge is 2.00. The minimum absolute atomic E-state index is 0.637. The quantitative estimate of drug-likeness (QED) is 0.519. The molecule has 1 unspecified atom stereocenters. The molecule has 0 amide bonds. The summed E-state index contributed by atoms with van der Waals surface area (Å²) in [5.41, 5.74) is 2.90. The van der Waals surface area contributed by atoms with Crippen LogP contribution in [0.15, 0.2) is 23.8 Å². The second-order valence-electron chi connectivity index (χ2n) is 3.95. The van der Waals surface area contributed by atoms with Gasteiger partial charge in [0.1, 0.15) is 0 Å². The highest BCUT2D eigenvalue weighted by Crippen LogP contribution is 2.16. The predicted molar refractivity (Wildman–Crippen MR) is 61.9 cm³/mol. The molecule has 0 aliphatic rings. The van der Waals surface area contributed by atoms with Crippen LogP contribution in [0.4, 0.5) is 0 Å². The second kappa shape index (κ2) is 6.94. The molecule has 0 heterocycles. The van der Waals surface area contributed by atoms with E-state index in [4.69, 9.17) is 0 Å². The van der Waals surface area contributed by atoms with Crippen LogP contribution >= 0.6 is 0 Å². The molecule has 1 atom stereocenters. The lowest BCUT2D eigenvalue weighted by molar-refractivity contribution is 0.688. The van der Waals surface area contributed by atoms with Gasteiger partial charge in [-0.05, 0) is 32.1 Å². The summed E-state index contributed by atoms with van der Waals surface area (Å²) in [5, 5.41) is 0. The van der Waals surface area contributed by atoms with Crippen LogP contribution in [0.25, 0.3) is 0 Å². The van der Waals surface area contributed by atoms with Gasteiger partial charge in [-0.2, -0.15) is 0 Å². The van der Waals surface area contributed by atoms with E-state index in [1.165, 1.54) is 31.3 Å². The average Bonchev–Trinajstić information content (AvgIpc) is 2.11. The van der Waals surface area contributed by atoms with Crippen LogP contribution in [0.3, 0.4) is 0 Å². The standard InChI is InChI=1S/C13H24/c1-6-8-13(7-2)10-9-12(5)11(3)4/h10,12H,3,6-9H2,1-2,4-5H3. The van der Waals surface area contributed by atoms with Crippen molar-refractivity contribution >= 4 is 0 Å². The van der Waals surface area contributed by atoms with Crippen molar-refractivity contribution in [2.45, 2.75) is 53.4 Å². The molecule has 0 saturated carbocycles. The van der Waals surface area contributed by atoms with E-state index < -0.39 is 0 Å². The van der Waals surface area contributed by atoms with Crippen LogP contribution in [-0.4, -0.2) is 0 Å². The van der Waals surface area contributed by atoms with Crippen LogP contribution in [-0.2, 0) is 0 Å². The lowest BCUT2D eigenvalue weighted by Gasteiger charge is -2.09. The maximum atomic E-state index is 3.98. The van der Waals surface area contributed by atoms with Gasteiger partial charge in [0.15, 0.2) is 0 Å². The molecule has 0 heteroatoms. The lowest BCUT2D eigenvalue weighted by atomic mass is 9.97. The summed E-state index contributed by atoms with van der Waals surface area (Å²) >= 11 is 0. The molecule has 0 N–H and O–H groups in total. The number of hydrogen-bond donors (Lipinski definition) is 0. The van der Waals surface area contributed by atoms with E-state index in [0.29, 0.717) is 5.92 Å². The van der Waals surface area contributed by atoms with E-state index in [1.807, 2.05) is 0 Å². The first kappa shape index (κ1) is 12.5. The molecule has 0 aliphatic carbocycles. The smallest absolute Gasteiger partial charge is 0.0202 e. The summed E-state index contributed by atoms with van der Waals surface area (Å²) < 4.78 is 0. The summed E-state index contributed by atoms with van der Waals surface area (Å²) in [4.78, 5) is 0. The Morgan fingerprint density at radius 1 is 1.38 bits per heavy atom. The van der Waals surface area contributed by atoms with E-state index in [2.05, 4.69) is 40.3 Å². The van der Waals surface area contributed by atoms with Crippen molar-refractivity contribution in [2.24, 2.45) is 5.92 Å². The molecule has 13 heavy (non-hydrogen) atoms. The van der Waals surface area contributed by atoms with Gasteiger partial charge in [0.05, 0.1) is 0 Å². The molecule has 0 aliphatic heterocycles. The second-order valence-corrected chi connectivity index (χ2v) is 3.95. The Morgan fingerprint density at radius 3 is 2.38 bits per heavy atom. The first-order valence-electron chi connectivity index (χ1n) is 5.45. The zero-order valence-electron chi connectivity index (χ0n) is 9.69. The van der Waals surface area contributed by atoms with Gasteiger partial charge in [0.25, 0.3) is 0 Å². The van der Waals surface area contributed by atoms with Crippen molar-refractivity contribution in [1.82, 2.24) is 0 Å². The molecule has 0 spiro atoms. The van der Waals surface area contributed by atoms with Gasteiger partial charge < -0.3 is 0 Å². The monoisotopic (exact) mass is 180 g/mol. The Balaban J connectivity index is 3.97. The first-order chi connectivity index (χ1) is 6.11. The van der Waals surface area contributed by atoms with Crippen molar-refractivity contribution in [3.63, 3.8) is 0 Å². The maximum Gasteiger partial charge on any atom is -0.0202 e. The van der Waals surface area contributed by atoms with Crippen molar-refractivity contribution in [3.8, 4) is 0 Å². The third kappa shape index (κ3) is 5.68. The first-order valence-corrected chi connectivity index (χ1v) is 5.45. The van der Waals surface area contributed by atoms with Crippen molar-refractivity contribution in [1.29, 1.82) is 0 Å². The van der Waals surface area contributed by atoms with Gasteiger partial charge in [-0.25, -0.2) is 0 Å². The van der Waals surface area contributed by atoms with E-state index in [1.54, 1.807) is 5.57 Å². The van der Waals surface area contributed by atoms with E-state index in [-0.39, 0.29) is 0 Å². The predicted octanol–water partition coefficient (Wildman–Crippen LogP) is 4.73. The summed E-state index contributed by atoms with van der Waals surface area (Å²) in [7, 11) is 0. The molecule has 0 saturated heterocycles. The lowest BCUT2D eigenvalue weighted by Crippen LogP contribution is -1.93. The van der Waals surface area contributed by atoms with Gasteiger partial charge in [0, 0.05) is 0 Å². The number of rotatable bonds is 6. The molecule has 0 aromatic carbocycles. The number of allylic oxidation sites excluding steroid dienone is 3. The van der Waals surface area contributed by atoms with Crippen LogP contribution in [0.2, 0.25) is 0 Å². The fourth-order valence-corrected chi connectivity index (χ4v) is 1.29. The minimum atomic E-state index is 0.637. The van der Waals surface area contributed by atoms with Gasteiger partial charge >= 0.3 is 0 Å². The highest BCUT2D eigenvalue weighted by molar-refractivity contribution is 5.05. The molecule has 0 bridgehead atoms. The average molecular weight is 180 g/mol. The molecule has 0 aromatic rings. The van der Waals surface area contributed by atoms with Gasteiger partial charge in [0.2, 0.25) is 0 Å². The Kier molecular flexibility index (Phi) is 6.66. The summed E-state index contributed by atoms with van der Waals surface area (Å²) in [5.74, 6) is 0.637. The van der Waals surface area contributed by atoms with E-state index >= 15 is 0 Å². The van der Waals surface area contributed by atoms with E-state index in [9.17, 15) is 0 Å². The Morgan fingerprint density at radius 2 is 2.00 bits per heavy atom. The molecule has 0 radical (unpaired) electrons. The van der Waals surface area contributed by atoms with Crippen molar-refractivity contribution in [3.05, 3.63) is 23.8 Å². The largest absolute Gasteiger partial charge is 0.0999 e. The summed E-state index contributed by atoms with van der Waals surface area (Å²) in [6, 6.07) is 0. The highest BCUT2D eigenvalue weighted by atomic mass is 14.1. The van der Waals surface area contributed by atoms with Crippen LogP contribution in [0.1, 0.15) is 53.4 Å². The molecule has 0 fully saturated rings. The van der Waals surface area contributed by atoms with Gasteiger partial charge in [-0.3, -0.25) is 0 Å². The molecule has 0 rings (SSSR count). The fourth-order valence-electron chi connectivity index (χ4n) is 1.29. The zero-order chi connectivity index (χ0) is 10.3. The van der Waals surface area contributed by atoms with Gasteiger partial charge in [-0.15, -0.1) is 0 Å². The fraction of sp³-hybridized carbons (Fsp3) is 0.692. The van der Waals surface area contributed by atoms with Gasteiger partial charge in [-0.1, -0.05) is 51.0 Å². The van der Waals surface area contributed by atoms with Crippen molar-refractivity contribution in [2.75, 3.05) is 0 Å². The minimum Gasteiger partial charge on any atom is -0.0999 e. The van der Waals surface area contributed by atoms with Crippen LogP contribution in [0.5, 0.6) is 0 Å². The molecule has 76 valence electrons. The Bertz CT molecular complexity index is 174. The number of hydrogen-bond acceptors (Lipinski definition) is 0. The SMILES string of the molecule is C=C(C)C(C)CC=C(CC)CCC. The Hall–Kier alpha value is -0.520. The topological polar surface area (TPSA) is 0 Å². The maximum absolute atomic E-state index is 3.98. The van der Waals surface area contributed by atoms with Crippen molar-refractivity contribution < 1.29 is 0 Å². The molecular formula is C13H24.